The van der Waals surface area contributed by atoms with Crippen molar-refractivity contribution in [1.29, 1.82) is 0 Å². The number of nitrogens with zero attached hydrogens (tertiary/aromatic N) is 1. The molecule has 2 N–H and O–H groups in total. The first-order valence-electron chi connectivity index (χ1n) is 10.3. The number of halogens is 1. The van der Waals surface area contributed by atoms with Gasteiger partial charge in [-0.1, -0.05) is 23.7 Å². The third kappa shape index (κ3) is 4.30. The normalized spacial score (nSPS) is 25.9. The summed E-state index contributed by atoms with van der Waals surface area (Å²) in [4.78, 5) is 11.8. The van der Waals surface area contributed by atoms with Crippen LogP contribution in [0.2, 0.25) is 5.02 Å². The second-order valence-electron chi connectivity index (χ2n) is 7.90. The van der Waals surface area contributed by atoms with Gasteiger partial charge in [0.25, 0.3) is 0 Å². The third-order valence-electron chi connectivity index (χ3n) is 6.04. The van der Waals surface area contributed by atoms with Crippen molar-refractivity contribution in [2.45, 2.75) is 49.3 Å². The van der Waals surface area contributed by atoms with Crippen molar-refractivity contribution in [1.82, 2.24) is 4.31 Å². The molecular formula is C22H25ClN2O5S. The predicted molar refractivity (Wildman–Crippen MR) is 117 cm³/mol. The van der Waals surface area contributed by atoms with Crippen molar-refractivity contribution < 1.29 is 23.1 Å². The van der Waals surface area contributed by atoms with E-state index < -0.39 is 28.3 Å². The number of aliphatic hydroxyl groups is 1. The summed E-state index contributed by atoms with van der Waals surface area (Å²) in [6.07, 6.45) is 0.794. The van der Waals surface area contributed by atoms with Gasteiger partial charge in [-0.3, -0.25) is 5.32 Å². The maximum Gasteiger partial charge on any atom is 0.411 e. The molecule has 2 bridgehead atoms. The molecule has 0 aromatic heterocycles. The van der Waals surface area contributed by atoms with Crippen LogP contribution in [-0.4, -0.2) is 42.7 Å². The van der Waals surface area contributed by atoms with E-state index in [1.54, 1.807) is 47.6 Å². The Morgan fingerprint density at radius 1 is 1.16 bits per heavy atom. The van der Waals surface area contributed by atoms with Gasteiger partial charge in [0.1, 0.15) is 0 Å². The lowest BCUT2D eigenvalue weighted by molar-refractivity contribution is -0.0537. The molecule has 0 spiro atoms. The number of anilines is 1. The second-order valence-corrected chi connectivity index (χ2v) is 10.2. The fourth-order valence-corrected chi connectivity index (χ4v) is 6.69. The monoisotopic (exact) mass is 464 g/mol. The van der Waals surface area contributed by atoms with E-state index in [1.807, 2.05) is 0 Å². The van der Waals surface area contributed by atoms with Gasteiger partial charge in [-0.05, 0) is 68.1 Å². The molecule has 0 radical (unpaired) electrons. The summed E-state index contributed by atoms with van der Waals surface area (Å²) < 4.78 is 33.6. The van der Waals surface area contributed by atoms with Crippen LogP contribution in [0, 0.1) is 5.92 Å². The molecule has 9 heteroatoms. The minimum Gasteiger partial charge on any atom is -0.450 e. The van der Waals surface area contributed by atoms with Gasteiger partial charge in [-0.25, -0.2) is 13.2 Å². The summed E-state index contributed by atoms with van der Waals surface area (Å²) in [5, 5.41) is 13.7. The van der Waals surface area contributed by atoms with Gasteiger partial charge >= 0.3 is 6.09 Å². The molecule has 3 aliphatic rings. The van der Waals surface area contributed by atoms with Crippen molar-refractivity contribution in [3.8, 4) is 0 Å². The second kappa shape index (κ2) is 8.78. The summed E-state index contributed by atoms with van der Waals surface area (Å²) in [5.74, 6) is -0.198. The minimum atomic E-state index is -3.79. The number of aliphatic hydroxyl groups excluding tert-OH is 1. The Morgan fingerprint density at radius 2 is 1.84 bits per heavy atom. The van der Waals surface area contributed by atoms with Gasteiger partial charge in [-0.2, -0.15) is 4.31 Å². The lowest BCUT2D eigenvalue weighted by Crippen LogP contribution is -2.57. The van der Waals surface area contributed by atoms with E-state index in [0.717, 1.165) is 12.0 Å². The highest BCUT2D eigenvalue weighted by Gasteiger charge is 2.52. The number of hydrogen-bond acceptors (Lipinski definition) is 5. The number of sulfonamides is 1. The van der Waals surface area contributed by atoms with E-state index in [4.69, 9.17) is 16.3 Å². The number of piperidine rings is 2. The molecule has 166 valence electrons. The zero-order valence-corrected chi connectivity index (χ0v) is 18.6. The highest BCUT2D eigenvalue weighted by atomic mass is 35.5. The Balaban J connectivity index is 1.68. The summed E-state index contributed by atoms with van der Waals surface area (Å²) >= 11 is 5.94. The zero-order valence-electron chi connectivity index (χ0n) is 17.1. The number of carbonyl (C=O) groups is 1. The van der Waals surface area contributed by atoms with Gasteiger partial charge in [-0.15, -0.1) is 0 Å². The standard InChI is InChI=1S/C22H25ClN2O5S/c1-2-30-22(27)24-16-7-3-14(4-8-16)21-19-12-9-17(13-20(19)26)25(21)31(28,29)18-10-5-15(23)6-11-18/h3-8,10-11,17,19-21,26H,2,9,12-13H2,1H3,(H,24,27)/t17-,19+,20-,21+/m0/s1. The Bertz CT molecular complexity index is 1040. The van der Waals surface area contributed by atoms with Crippen molar-refractivity contribution in [3.05, 3.63) is 59.1 Å². The van der Waals surface area contributed by atoms with Crippen LogP contribution in [0.15, 0.2) is 53.4 Å². The fraction of sp³-hybridized carbons (Fsp3) is 0.409. The largest absolute Gasteiger partial charge is 0.450 e. The van der Waals surface area contributed by atoms with Crippen LogP contribution in [0.4, 0.5) is 10.5 Å². The molecule has 2 aromatic carbocycles. The van der Waals surface area contributed by atoms with Gasteiger partial charge < -0.3 is 9.84 Å². The van der Waals surface area contributed by atoms with Crippen molar-refractivity contribution >= 4 is 33.4 Å². The lowest BCUT2D eigenvalue weighted by atomic mass is 9.72. The molecule has 5 rings (SSSR count). The van der Waals surface area contributed by atoms with E-state index >= 15 is 0 Å². The van der Waals surface area contributed by atoms with Crippen LogP contribution < -0.4 is 5.32 Å². The third-order valence-corrected chi connectivity index (χ3v) is 8.24. The number of carbonyl (C=O) groups excluding carboxylic acids is 1. The molecule has 0 unspecified atom stereocenters. The molecule has 1 amide bonds. The molecule has 2 aliphatic heterocycles. The van der Waals surface area contributed by atoms with Crippen LogP contribution >= 0.6 is 11.6 Å². The van der Waals surface area contributed by atoms with E-state index in [2.05, 4.69) is 5.32 Å². The highest BCUT2D eigenvalue weighted by Crippen LogP contribution is 2.50. The average Bonchev–Trinajstić information content (AvgIpc) is 2.74. The zero-order chi connectivity index (χ0) is 22.2. The first-order chi connectivity index (χ1) is 14.8. The number of amides is 1. The molecule has 2 heterocycles. The number of rotatable bonds is 5. The molecular weight excluding hydrogens is 440 g/mol. The Kier molecular flexibility index (Phi) is 6.25. The van der Waals surface area contributed by atoms with E-state index in [-0.39, 0.29) is 23.5 Å². The average molecular weight is 465 g/mol. The van der Waals surface area contributed by atoms with E-state index in [1.165, 1.54) is 12.1 Å². The lowest BCUT2D eigenvalue weighted by Gasteiger charge is -2.52. The van der Waals surface area contributed by atoms with Crippen molar-refractivity contribution in [2.24, 2.45) is 5.92 Å². The quantitative estimate of drug-likeness (QED) is 0.691. The van der Waals surface area contributed by atoms with E-state index in [0.29, 0.717) is 23.6 Å². The van der Waals surface area contributed by atoms with Crippen molar-refractivity contribution in [3.63, 3.8) is 0 Å². The first-order valence-corrected chi connectivity index (χ1v) is 12.1. The predicted octanol–water partition coefficient (Wildman–Crippen LogP) is 4.18. The summed E-state index contributed by atoms with van der Waals surface area (Å²) in [7, 11) is -3.79. The fourth-order valence-electron chi connectivity index (χ4n) is 4.68. The first kappa shape index (κ1) is 22.1. The van der Waals surface area contributed by atoms with Gasteiger partial charge in [0.05, 0.1) is 23.6 Å². The molecule has 4 atom stereocenters. The summed E-state index contributed by atoms with van der Waals surface area (Å²) in [5.41, 5.74) is 1.33. The molecule has 3 fully saturated rings. The Morgan fingerprint density at radius 3 is 2.45 bits per heavy atom. The number of nitrogens with one attached hydrogen (secondary N) is 1. The van der Waals surface area contributed by atoms with Gasteiger partial charge in [0.15, 0.2) is 0 Å². The van der Waals surface area contributed by atoms with Crippen LogP contribution in [-0.2, 0) is 14.8 Å². The summed E-state index contributed by atoms with van der Waals surface area (Å²) in [6.45, 7) is 1.99. The molecule has 1 saturated carbocycles. The smallest absolute Gasteiger partial charge is 0.411 e. The Labute approximate surface area is 187 Å². The topological polar surface area (TPSA) is 95.9 Å². The van der Waals surface area contributed by atoms with Gasteiger partial charge in [0.2, 0.25) is 10.0 Å². The minimum absolute atomic E-state index is 0.185. The number of hydrogen-bond donors (Lipinski definition) is 2. The van der Waals surface area contributed by atoms with Crippen molar-refractivity contribution in [2.75, 3.05) is 11.9 Å². The molecule has 31 heavy (non-hydrogen) atoms. The Hall–Kier alpha value is -2.13. The number of ether oxygens (including phenoxy) is 1. The molecule has 2 aromatic rings. The van der Waals surface area contributed by atoms with Crippen LogP contribution in [0.25, 0.3) is 0 Å². The van der Waals surface area contributed by atoms with Crippen LogP contribution in [0.5, 0.6) is 0 Å². The van der Waals surface area contributed by atoms with Crippen LogP contribution in [0.3, 0.4) is 0 Å². The maximum absolute atomic E-state index is 13.6. The van der Waals surface area contributed by atoms with Crippen LogP contribution in [0.1, 0.15) is 37.8 Å². The van der Waals surface area contributed by atoms with Gasteiger partial charge in [0, 0.05) is 22.7 Å². The maximum atomic E-state index is 13.6. The molecule has 2 saturated heterocycles. The highest BCUT2D eigenvalue weighted by molar-refractivity contribution is 7.89. The molecule has 7 nitrogen and oxygen atoms in total. The summed E-state index contributed by atoms with van der Waals surface area (Å²) in [6, 6.07) is 12.4. The SMILES string of the molecule is CCOC(=O)Nc1ccc([C@@H]2[C@@H]3CC[C@@H](C[C@@H]3O)N2S(=O)(=O)c2ccc(Cl)cc2)cc1. The van der Waals surface area contributed by atoms with E-state index in [9.17, 15) is 18.3 Å². The number of fused-ring (bicyclic) bond motifs is 3. The number of benzene rings is 2. The molecule has 1 aliphatic carbocycles.